The summed E-state index contributed by atoms with van der Waals surface area (Å²) in [4.78, 5) is 13.6. The van der Waals surface area contributed by atoms with Gasteiger partial charge in [-0.15, -0.1) is 0 Å². The number of alkyl halides is 1. The van der Waals surface area contributed by atoms with Gasteiger partial charge in [-0.3, -0.25) is 4.79 Å². The topological polar surface area (TPSA) is 29.5 Å². The van der Waals surface area contributed by atoms with Gasteiger partial charge in [0, 0.05) is 18.9 Å². The van der Waals surface area contributed by atoms with Gasteiger partial charge >= 0.3 is 0 Å². The lowest BCUT2D eigenvalue weighted by Gasteiger charge is -2.20. The number of nitrogens with zero attached hydrogens (tertiary/aromatic N) is 1. The van der Waals surface area contributed by atoms with Gasteiger partial charge in [0.25, 0.3) is 5.91 Å². The zero-order valence-corrected chi connectivity index (χ0v) is 10.4. The van der Waals surface area contributed by atoms with Gasteiger partial charge in [0.2, 0.25) is 0 Å². The van der Waals surface area contributed by atoms with Crippen molar-refractivity contribution in [3.05, 3.63) is 0 Å². The Hall–Kier alpha value is -0.0900. The van der Waals surface area contributed by atoms with Crippen LogP contribution in [0.3, 0.4) is 0 Å². The van der Waals surface area contributed by atoms with E-state index in [1.165, 1.54) is 0 Å². The van der Waals surface area contributed by atoms with Crippen LogP contribution in [0.4, 0.5) is 0 Å². The summed E-state index contributed by atoms with van der Waals surface area (Å²) in [5.41, 5.74) is 0. The van der Waals surface area contributed by atoms with E-state index in [0.29, 0.717) is 0 Å². The smallest absolute Gasteiger partial charge is 0.251 e. The predicted molar refractivity (Wildman–Crippen MR) is 59.6 cm³/mol. The van der Waals surface area contributed by atoms with Gasteiger partial charge in [-0.2, -0.15) is 0 Å². The molecule has 82 valence electrons. The third kappa shape index (κ3) is 3.24. The van der Waals surface area contributed by atoms with Crippen LogP contribution in [-0.4, -0.2) is 41.9 Å². The van der Waals surface area contributed by atoms with E-state index in [-0.39, 0.29) is 18.1 Å². The summed E-state index contributed by atoms with van der Waals surface area (Å²) in [6, 6.07) is 0. The molecule has 3 nitrogen and oxygen atoms in total. The minimum Gasteiger partial charge on any atom is -0.365 e. The molecule has 1 rings (SSSR count). The first-order chi connectivity index (χ1) is 6.65. The van der Waals surface area contributed by atoms with Gasteiger partial charge in [0.1, 0.15) is 6.10 Å². The van der Waals surface area contributed by atoms with E-state index < -0.39 is 0 Å². The Morgan fingerprint density at radius 2 is 2.29 bits per heavy atom. The SMILES string of the molecule is CC1CCC(C(=O)N(C)CCCBr)O1. The summed E-state index contributed by atoms with van der Waals surface area (Å²) in [6.07, 6.45) is 2.92. The number of amides is 1. The number of hydrogen-bond acceptors (Lipinski definition) is 2. The van der Waals surface area contributed by atoms with E-state index in [1.54, 1.807) is 4.90 Å². The molecule has 1 aliphatic rings. The van der Waals surface area contributed by atoms with E-state index in [9.17, 15) is 4.79 Å². The number of rotatable bonds is 4. The average molecular weight is 264 g/mol. The summed E-state index contributed by atoms with van der Waals surface area (Å²) in [5.74, 6) is 0.135. The second-order valence-electron chi connectivity index (χ2n) is 3.82. The monoisotopic (exact) mass is 263 g/mol. The quantitative estimate of drug-likeness (QED) is 0.724. The van der Waals surface area contributed by atoms with E-state index >= 15 is 0 Å². The highest BCUT2D eigenvalue weighted by atomic mass is 79.9. The number of halogens is 1. The van der Waals surface area contributed by atoms with Crippen LogP contribution in [0.2, 0.25) is 0 Å². The predicted octanol–water partition coefficient (Wildman–Crippen LogP) is 1.80. The third-order valence-corrected chi connectivity index (χ3v) is 3.07. The third-order valence-electron chi connectivity index (χ3n) is 2.51. The molecule has 2 atom stereocenters. The highest BCUT2D eigenvalue weighted by molar-refractivity contribution is 9.09. The van der Waals surface area contributed by atoms with Crippen LogP contribution in [0.15, 0.2) is 0 Å². The molecular formula is C10H18BrNO2. The van der Waals surface area contributed by atoms with Gasteiger partial charge in [-0.05, 0) is 26.2 Å². The lowest BCUT2D eigenvalue weighted by Crippen LogP contribution is -2.37. The van der Waals surface area contributed by atoms with Crippen molar-refractivity contribution in [2.75, 3.05) is 18.9 Å². The van der Waals surface area contributed by atoms with E-state index in [4.69, 9.17) is 4.74 Å². The minimum atomic E-state index is -0.190. The molecule has 2 unspecified atom stereocenters. The van der Waals surface area contributed by atoms with Crippen molar-refractivity contribution >= 4 is 21.8 Å². The molecule has 14 heavy (non-hydrogen) atoms. The molecular weight excluding hydrogens is 246 g/mol. The van der Waals surface area contributed by atoms with Crippen molar-refractivity contribution in [1.82, 2.24) is 4.90 Å². The minimum absolute atomic E-state index is 0.135. The van der Waals surface area contributed by atoms with Crippen molar-refractivity contribution in [2.24, 2.45) is 0 Å². The molecule has 0 radical (unpaired) electrons. The Bertz CT molecular complexity index is 199. The molecule has 1 fully saturated rings. The Morgan fingerprint density at radius 1 is 1.57 bits per heavy atom. The maximum Gasteiger partial charge on any atom is 0.251 e. The molecule has 0 aromatic carbocycles. The first-order valence-electron chi connectivity index (χ1n) is 5.11. The fourth-order valence-electron chi connectivity index (χ4n) is 1.64. The van der Waals surface area contributed by atoms with Crippen molar-refractivity contribution in [3.63, 3.8) is 0 Å². The normalized spacial score (nSPS) is 26.5. The second kappa shape index (κ2) is 5.71. The van der Waals surface area contributed by atoms with Crippen LogP contribution < -0.4 is 0 Å². The van der Waals surface area contributed by atoms with Gasteiger partial charge in [-0.25, -0.2) is 0 Å². The molecule has 1 heterocycles. The van der Waals surface area contributed by atoms with Crippen molar-refractivity contribution in [2.45, 2.75) is 38.4 Å². The molecule has 0 saturated carbocycles. The number of ether oxygens (including phenoxy) is 1. The average Bonchev–Trinajstić information content (AvgIpc) is 2.60. The molecule has 0 aromatic heterocycles. The second-order valence-corrected chi connectivity index (χ2v) is 4.61. The van der Waals surface area contributed by atoms with Crippen LogP contribution in [-0.2, 0) is 9.53 Å². The number of carbonyl (C=O) groups is 1. The number of likely N-dealkylation sites (N-methyl/N-ethyl adjacent to an activating group) is 1. The van der Waals surface area contributed by atoms with Crippen LogP contribution in [0.1, 0.15) is 26.2 Å². The summed E-state index contributed by atoms with van der Waals surface area (Å²) in [7, 11) is 1.84. The summed E-state index contributed by atoms with van der Waals surface area (Å²) < 4.78 is 5.52. The van der Waals surface area contributed by atoms with Crippen LogP contribution >= 0.6 is 15.9 Å². The Labute approximate surface area is 93.9 Å². The fourth-order valence-corrected chi connectivity index (χ4v) is 1.89. The Kier molecular flexibility index (Phi) is 4.89. The molecule has 0 spiro atoms. The molecule has 1 aliphatic heterocycles. The first-order valence-corrected chi connectivity index (χ1v) is 6.23. The van der Waals surface area contributed by atoms with Gasteiger partial charge < -0.3 is 9.64 Å². The molecule has 1 saturated heterocycles. The van der Waals surface area contributed by atoms with Gasteiger partial charge in [-0.1, -0.05) is 15.9 Å². The van der Waals surface area contributed by atoms with E-state index in [2.05, 4.69) is 15.9 Å². The number of carbonyl (C=O) groups excluding carboxylic acids is 1. The standard InChI is InChI=1S/C10H18BrNO2/c1-8-4-5-9(14-8)10(13)12(2)7-3-6-11/h8-9H,3-7H2,1-2H3. The highest BCUT2D eigenvalue weighted by Crippen LogP contribution is 2.20. The van der Waals surface area contributed by atoms with Crippen LogP contribution in [0, 0.1) is 0 Å². The first kappa shape index (κ1) is 12.0. The Balaban J connectivity index is 2.32. The molecule has 0 aromatic rings. The van der Waals surface area contributed by atoms with Crippen LogP contribution in [0.25, 0.3) is 0 Å². The van der Waals surface area contributed by atoms with Gasteiger partial charge in [0.15, 0.2) is 0 Å². The Morgan fingerprint density at radius 3 is 2.79 bits per heavy atom. The summed E-state index contributed by atoms with van der Waals surface area (Å²) in [6.45, 7) is 2.82. The van der Waals surface area contributed by atoms with E-state index in [1.807, 2.05) is 14.0 Å². The zero-order chi connectivity index (χ0) is 10.6. The van der Waals surface area contributed by atoms with Crippen LogP contribution in [0.5, 0.6) is 0 Å². The molecule has 0 N–H and O–H groups in total. The fraction of sp³-hybridized carbons (Fsp3) is 0.900. The molecule has 0 bridgehead atoms. The molecule has 1 amide bonds. The molecule has 0 aliphatic carbocycles. The largest absolute Gasteiger partial charge is 0.365 e. The van der Waals surface area contributed by atoms with Gasteiger partial charge in [0.05, 0.1) is 6.10 Å². The van der Waals surface area contributed by atoms with Crippen molar-refractivity contribution < 1.29 is 9.53 Å². The molecule has 4 heteroatoms. The highest BCUT2D eigenvalue weighted by Gasteiger charge is 2.29. The number of hydrogen-bond donors (Lipinski definition) is 0. The van der Waals surface area contributed by atoms with Crippen molar-refractivity contribution in [3.8, 4) is 0 Å². The lowest BCUT2D eigenvalue weighted by atomic mass is 10.2. The lowest BCUT2D eigenvalue weighted by molar-refractivity contribution is -0.141. The zero-order valence-electron chi connectivity index (χ0n) is 8.83. The summed E-state index contributed by atoms with van der Waals surface area (Å²) >= 11 is 3.35. The van der Waals surface area contributed by atoms with E-state index in [0.717, 1.165) is 31.1 Å². The van der Waals surface area contributed by atoms with Crippen molar-refractivity contribution in [1.29, 1.82) is 0 Å². The maximum absolute atomic E-state index is 11.8. The maximum atomic E-state index is 11.8. The summed E-state index contributed by atoms with van der Waals surface area (Å²) in [5, 5.41) is 0.937.